The number of aryl methyl sites for hydroxylation is 2. The maximum atomic E-state index is 12.2. The van der Waals surface area contributed by atoms with Gasteiger partial charge in [-0.3, -0.25) is 4.79 Å². The van der Waals surface area contributed by atoms with Crippen LogP contribution in [-0.4, -0.2) is 18.5 Å². The minimum absolute atomic E-state index is 0.0516. The van der Waals surface area contributed by atoms with Crippen LogP contribution in [0.1, 0.15) is 35.3 Å². The minimum Gasteiger partial charge on any atom is -0.366 e. The van der Waals surface area contributed by atoms with E-state index < -0.39 is 6.10 Å². The second kappa shape index (κ2) is 6.36. The predicted octanol–water partition coefficient (Wildman–Crippen LogP) is 3.47. The van der Waals surface area contributed by atoms with Crippen molar-refractivity contribution in [1.29, 1.82) is 0 Å². The Morgan fingerprint density at radius 1 is 1.41 bits per heavy atom. The van der Waals surface area contributed by atoms with Gasteiger partial charge in [0, 0.05) is 5.56 Å². The molecule has 1 rings (SSSR count). The molecule has 0 radical (unpaired) electrons. The van der Waals surface area contributed by atoms with Crippen LogP contribution >= 0.6 is 0 Å². The zero-order valence-corrected chi connectivity index (χ0v) is 11.0. The van der Waals surface area contributed by atoms with Gasteiger partial charge in [0.2, 0.25) is 0 Å². The summed E-state index contributed by atoms with van der Waals surface area (Å²) < 4.78 is 5.46. The molecule has 2 heteroatoms. The standard InChI is InChI=1S/C15H20O2/c1-5-6-9-17-13(4)15(16)14-10-11(2)7-8-12(14)3/h5-8,10,13H,9H2,1-4H3. The van der Waals surface area contributed by atoms with E-state index in [9.17, 15) is 4.79 Å². The molecule has 0 bridgehead atoms. The highest BCUT2D eigenvalue weighted by atomic mass is 16.5. The van der Waals surface area contributed by atoms with Crippen LogP contribution in [0, 0.1) is 13.8 Å². The fraction of sp³-hybridized carbons (Fsp3) is 0.400. The summed E-state index contributed by atoms with van der Waals surface area (Å²) in [4.78, 5) is 12.2. The first-order valence-electron chi connectivity index (χ1n) is 5.90. The van der Waals surface area contributed by atoms with Crippen LogP contribution in [0.4, 0.5) is 0 Å². The molecule has 1 unspecified atom stereocenters. The summed E-state index contributed by atoms with van der Waals surface area (Å²) in [5.74, 6) is 0.0516. The Kier molecular flexibility index (Phi) is 5.11. The maximum Gasteiger partial charge on any atom is 0.191 e. The summed E-state index contributed by atoms with van der Waals surface area (Å²) in [5, 5.41) is 0. The molecule has 0 aliphatic heterocycles. The molecule has 0 saturated heterocycles. The Labute approximate surface area is 103 Å². The average Bonchev–Trinajstić information content (AvgIpc) is 2.31. The lowest BCUT2D eigenvalue weighted by Crippen LogP contribution is -2.22. The van der Waals surface area contributed by atoms with Crippen molar-refractivity contribution in [2.45, 2.75) is 33.8 Å². The second-order valence-electron chi connectivity index (χ2n) is 4.23. The number of ketones is 1. The van der Waals surface area contributed by atoms with E-state index in [1.165, 1.54) is 0 Å². The molecule has 92 valence electrons. The van der Waals surface area contributed by atoms with E-state index in [-0.39, 0.29) is 5.78 Å². The molecule has 0 fully saturated rings. The number of hydrogen-bond acceptors (Lipinski definition) is 2. The topological polar surface area (TPSA) is 26.3 Å². The van der Waals surface area contributed by atoms with Crippen LogP contribution in [0.5, 0.6) is 0 Å². The van der Waals surface area contributed by atoms with Gasteiger partial charge < -0.3 is 4.74 Å². The van der Waals surface area contributed by atoms with Crippen LogP contribution in [-0.2, 0) is 4.74 Å². The molecule has 0 amide bonds. The van der Waals surface area contributed by atoms with Crippen molar-refractivity contribution in [3.63, 3.8) is 0 Å². The molecule has 0 N–H and O–H groups in total. The number of benzene rings is 1. The van der Waals surface area contributed by atoms with E-state index in [4.69, 9.17) is 4.74 Å². The van der Waals surface area contributed by atoms with E-state index in [2.05, 4.69) is 0 Å². The highest BCUT2D eigenvalue weighted by molar-refractivity contribution is 6.00. The van der Waals surface area contributed by atoms with Crippen molar-refractivity contribution in [1.82, 2.24) is 0 Å². The van der Waals surface area contributed by atoms with Gasteiger partial charge in [0.15, 0.2) is 5.78 Å². The second-order valence-corrected chi connectivity index (χ2v) is 4.23. The van der Waals surface area contributed by atoms with Gasteiger partial charge in [0.1, 0.15) is 6.10 Å². The Morgan fingerprint density at radius 2 is 2.12 bits per heavy atom. The lowest BCUT2D eigenvalue weighted by atomic mass is 9.99. The molecular formula is C15H20O2. The van der Waals surface area contributed by atoms with Gasteiger partial charge in [-0.25, -0.2) is 0 Å². The summed E-state index contributed by atoms with van der Waals surface area (Å²) in [6, 6.07) is 5.91. The van der Waals surface area contributed by atoms with E-state index in [1.54, 1.807) is 6.92 Å². The Bertz CT molecular complexity index is 419. The lowest BCUT2D eigenvalue weighted by molar-refractivity contribution is 0.0565. The first kappa shape index (κ1) is 13.7. The molecule has 0 aromatic heterocycles. The molecule has 0 saturated carbocycles. The third kappa shape index (κ3) is 3.82. The van der Waals surface area contributed by atoms with Gasteiger partial charge in [0.25, 0.3) is 0 Å². The average molecular weight is 232 g/mol. The zero-order valence-electron chi connectivity index (χ0n) is 11.0. The van der Waals surface area contributed by atoms with Crippen molar-refractivity contribution in [2.75, 3.05) is 6.61 Å². The largest absolute Gasteiger partial charge is 0.366 e. The number of ether oxygens (including phenoxy) is 1. The number of hydrogen-bond donors (Lipinski definition) is 0. The van der Waals surface area contributed by atoms with E-state index in [0.29, 0.717) is 6.61 Å². The fourth-order valence-electron chi connectivity index (χ4n) is 1.59. The van der Waals surface area contributed by atoms with Crippen LogP contribution in [0.2, 0.25) is 0 Å². The van der Waals surface area contributed by atoms with Crippen LogP contribution in [0.15, 0.2) is 30.4 Å². The number of allylic oxidation sites excluding steroid dienone is 1. The highest BCUT2D eigenvalue weighted by Crippen LogP contribution is 2.14. The molecule has 17 heavy (non-hydrogen) atoms. The van der Waals surface area contributed by atoms with Gasteiger partial charge in [-0.2, -0.15) is 0 Å². The van der Waals surface area contributed by atoms with Crippen LogP contribution < -0.4 is 0 Å². The molecular weight excluding hydrogens is 212 g/mol. The van der Waals surface area contributed by atoms with Crippen LogP contribution in [0.25, 0.3) is 0 Å². The third-order valence-electron chi connectivity index (χ3n) is 2.71. The van der Waals surface area contributed by atoms with Crippen molar-refractivity contribution < 1.29 is 9.53 Å². The van der Waals surface area contributed by atoms with Gasteiger partial charge in [-0.15, -0.1) is 0 Å². The Balaban J connectivity index is 2.77. The zero-order chi connectivity index (χ0) is 12.8. The van der Waals surface area contributed by atoms with Gasteiger partial charge in [0.05, 0.1) is 6.61 Å². The monoisotopic (exact) mass is 232 g/mol. The van der Waals surface area contributed by atoms with Crippen LogP contribution in [0.3, 0.4) is 0 Å². The van der Waals surface area contributed by atoms with Crippen molar-refractivity contribution >= 4 is 5.78 Å². The van der Waals surface area contributed by atoms with E-state index >= 15 is 0 Å². The molecule has 0 aliphatic rings. The molecule has 1 aromatic rings. The molecule has 1 aromatic carbocycles. The van der Waals surface area contributed by atoms with Crippen molar-refractivity contribution in [3.05, 3.63) is 47.0 Å². The molecule has 0 spiro atoms. The fourth-order valence-corrected chi connectivity index (χ4v) is 1.59. The van der Waals surface area contributed by atoms with Gasteiger partial charge >= 0.3 is 0 Å². The first-order valence-corrected chi connectivity index (χ1v) is 5.90. The van der Waals surface area contributed by atoms with E-state index in [1.807, 2.05) is 51.1 Å². The van der Waals surface area contributed by atoms with Gasteiger partial charge in [-0.1, -0.05) is 29.8 Å². The van der Waals surface area contributed by atoms with Gasteiger partial charge in [-0.05, 0) is 39.3 Å². The normalized spacial score (nSPS) is 12.9. The number of Topliss-reactive ketones (excluding diaryl/α,β-unsaturated/α-hetero) is 1. The maximum absolute atomic E-state index is 12.2. The molecule has 0 heterocycles. The Hall–Kier alpha value is -1.41. The summed E-state index contributed by atoms with van der Waals surface area (Å²) >= 11 is 0. The molecule has 0 aliphatic carbocycles. The number of carbonyl (C=O) groups excluding carboxylic acids is 1. The molecule has 1 atom stereocenters. The third-order valence-corrected chi connectivity index (χ3v) is 2.71. The Morgan fingerprint density at radius 3 is 2.76 bits per heavy atom. The number of rotatable bonds is 5. The molecule has 2 nitrogen and oxygen atoms in total. The predicted molar refractivity (Wildman–Crippen MR) is 70.5 cm³/mol. The summed E-state index contributed by atoms with van der Waals surface area (Å²) in [5.41, 5.74) is 2.86. The number of carbonyl (C=O) groups is 1. The summed E-state index contributed by atoms with van der Waals surface area (Å²) in [6.07, 6.45) is 3.41. The first-order chi connectivity index (χ1) is 8.06. The quantitative estimate of drug-likeness (QED) is 0.574. The van der Waals surface area contributed by atoms with Crippen molar-refractivity contribution in [3.8, 4) is 0 Å². The smallest absolute Gasteiger partial charge is 0.191 e. The highest BCUT2D eigenvalue weighted by Gasteiger charge is 2.17. The van der Waals surface area contributed by atoms with E-state index in [0.717, 1.165) is 16.7 Å². The summed E-state index contributed by atoms with van der Waals surface area (Å²) in [6.45, 7) is 8.15. The lowest BCUT2D eigenvalue weighted by Gasteiger charge is -2.13. The SMILES string of the molecule is CC=CCOC(C)C(=O)c1cc(C)ccc1C. The summed E-state index contributed by atoms with van der Waals surface area (Å²) in [7, 11) is 0. The minimum atomic E-state index is -0.397. The van der Waals surface area contributed by atoms with Crippen molar-refractivity contribution in [2.24, 2.45) is 0 Å².